The first-order valence-corrected chi connectivity index (χ1v) is 2.94. The maximum Gasteiger partial charge on any atom is 0.236 e. The van der Waals surface area contributed by atoms with Crippen molar-refractivity contribution in [1.29, 1.82) is 0 Å². The van der Waals surface area contributed by atoms with Crippen molar-refractivity contribution in [2.75, 3.05) is 13.8 Å². The van der Waals surface area contributed by atoms with E-state index in [1.54, 1.807) is 11.9 Å². The highest BCUT2D eigenvalue weighted by Gasteiger charge is 2.19. The molecule has 1 aliphatic heterocycles. The van der Waals surface area contributed by atoms with Crippen LogP contribution >= 0.6 is 0 Å². The van der Waals surface area contributed by atoms with Crippen LogP contribution in [0.5, 0.6) is 0 Å². The van der Waals surface area contributed by atoms with Gasteiger partial charge in [0.1, 0.15) is 6.73 Å². The summed E-state index contributed by atoms with van der Waals surface area (Å²) >= 11 is 0. The van der Waals surface area contributed by atoms with Crippen LogP contribution < -0.4 is 5.43 Å². The smallest absolute Gasteiger partial charge is 0.236 e. The van der Waals surface area contributed by atoms with Gasteiger partial charge in [-0.3, -0.25) is 0 Å². The predicted molar refractivity (Wildman–Crippen MR) is 36.1 cm³/mol. The molecule has 11 heavy (non-hydrogen) atoms. The molecule has 7 heteroatoms. The Morgan fingerprint density at radius 3 is 3.27 bits per heavy atom. The lowest BCUT2D eigenvalue weighted by molar-refractivity contribution is -0.556. The van der Waals surface area contributed by atoms with Gasteiger partial charge in [-0.2, -0.15) is 0 Å². The standard InChI is InChI=1S/C4H8N4O3/c1-7-3-11-2-5-4(7)6-8(9)10/h2,4,6H,3H2,1H3/t4-/m1/s1. The molecular weight excluding hydrogens is 152 g/mol. The number of aliphatic imine (C=N–C) groups is 1. The molecule has 0 bridgehead atoms. The Labute approximate surface area is 62.8 Å². The lowest BCUT2D eigenvalue weighted by Crippen LogP contribution is -2.47. The van der Waals surface area contributed by atoms with Crippen LogP contribution in [-0.2, 0) is 4.74 Å². The topological polar surface area (TPSA) is 80.0 Å². The monoisotopic (exact) mass is 160 g/mol. The van der Waals surface area contributed by atoms with E-state index in [9.17, 15) is 10.1 Å². The van der Waals surface area contributed by atoms with Gasteiger partial charge in [-0.15, -0.1) is 5.43 Å². The van der Waals surface area contributed by atoms with Crippen molar-refractivity contribution in [3.05, 3.63) is 10.1 Å². The van der Waals surface area contributed by atoms with Crippen LogP contribution in [0.2, 0.25) is 0 Å². The minimum Gasteiger partial charge on any atom is -0.468 e. The van der Waals surface area contributed by atoms with Gasteiger partial charge in [0, 0.05) is 0 Å². The third-order valence-corrected chi connectivity index (χ3v) is 1.19. The summed E-state index contributed by atoms with van der Waals surface area (Å²) in [7, 11) is 1.66. The zero-order valence-corrected chi connectivity index (χ0v) is 5.93. The second-order valence-corrected chi connectivity index (χ2v) is 2.07. The molecule has 0 saturated heterocycles. The maximum atomic E-state index is 9.97. The number of nitrogens with zero attached hydrogens (tertiary/aromatic N) is 3. The molecule has 0 aliphatic carbocycles. The average Bonchev–Trinajstić information content (AvgIpc) is 1.93. The van der Waals surface area contributed by atoms with Crippen LogP contribution in [0.3, 0.4) is 0 Å². The summed E-state index contributed by atoms with van der Waals surface area (Å²) in [5.41, 5.74) is 2.00. The second-order valence-electron chi connectivity index (χ2n) is 2.07. The zero-order chi connectivity index (χ0) is 8.27. The number of hydrazine groups is 1. The number of hydrogen-bond donors (Lipinski definition) is 1. The number of nitrogens with one attached hydrogen (secondary N) is 1. The SMILES string of the molecule is CN1COC=N[C@@H]1N[N+](=O)[O-]. The van der Waals surface area contributed by atoms with E-state index in [2.05, 4.69) is 4.99 Å². The van der Waals surface area contributed by atoms with Gasteiger partial charge in [-0.25, -0.2) is 20.0 Å². The molecule has 1 aliphatic rings. The molecule has 0 unspecified atom stereocenters. The van der Waals surface area contributed by atoms with E-state index in [-0.39, 0.29) is 0 Å². The van der Waals surface area contributed by atoms with E-state index in [1.165, 1.54) is 6.40 Å². The molecule has 7 nitrogen and oxygen atoms in total. The third-order valence-electron chi connectivity index (χ3n) is 1.19. The molecule has 0 aromatic rings. The van der Waals surface area contributed by atoms with E-state index in [1.807, 2.05) is 5.43 Å². The van der Waals surface area contributed by atoms with Crippen LogP contribution in [0.15, 0.2) is 4.99 Å². The predicted octanol–water partition coefficient (Wildman–Crippen LogP) is -1.00. The van der Waals surface area contributed by atoms with E-state index in [4.69, 9.17) is 4.74 Å². The molecule has 1 atom stereocenters. The van der Waals surface area contributed by atoms with Crippen LogP contribution in [-0.4, -0.2) is 36.4 Å². The molecule has 0 aromatic heterocycles. The van der Waals surface area contributed by atoms with Crippen molar-refractivity contribution < 1.29 is 9.77 Å². The van der Waals surface area contributed by atoms with E-state index < -0.39 is 11.3 Å². The maximum absolute atomic E-state index is 9.97. The molecule has 0 saturated carbocycles. The Morgan fingerprint density at radius 2 is 2.73 bits per heavy atom. The molecule has 0 spiro atoms. The van der Waals surface area contributed by atoms with Crippen molar-refractivity contribution in [1.82, 2.24) is 10.3 Å². The van der Waals surface area contributed by atoms with Gasteiger partial charge in [0.05, 0.1) is 0 Å². The largest absolute Gasteiger partial charge is 0.468 e. The van der Waals surface area contributed by atoms with Gasteiger partial charge < -0.3 is 4.74 Å². The Hall–Kier alpha value is -1.37. The van der Waals surface area contributed by atoms with Gasteiger partial charge in [0.15, 0.2) is 11.4 Å². The Balaban J connectivity index is 2.48. The summed E-state index contributed by atoms with van der Waals surface area (Å²) in [6.45, 7) is 0.301. The molecule has 1 rings (SSSR count). The lowest BCUT2D eigenvalue weighted by atomic mass is 10.7. The highest BCUT2D eigenvalue weighted by atomic mass is 16.7. The van der Waals surface area contributed by atoms with Gasteiger partial charge in [-0.1, -0.05) is 0 Å². The van der Waals surface area contributed by atoms with E-state index >= 15 is 0 Å². The van der Waals surface area contributed by atoms with Gasteiger partial charge >= 0.3 is 0 Å². The number of hydrogen-bond acceptors (Lipinski definition) is 5. The lowest BCUT2D eigenvalue weighted by Gasteiger charge is -2.23. The Morgan fingerprint density at radius 1 is 2.00 bits per heavy atom. The average molecular weight is 160 g/mol. The summed E-state index contributed by atoms with van der Waals surface area (Å²) in [6.07, 6.45) is 0.569. The summed E-state index contributed by atoms with van der Waals surface area (Å²) < 4.78 is 4.77. The normalized spacial score (nSPS) is 24.3. The number of rotatable bonds is 2. The first-order valence-electron chi connectivity index (χ1n) is 2.94. The van der Waals surface area contributed by atoms with Gasteiger partial charge in [0.2, 0.25) is 6.29 Å². The van der Waals surface area contributed by atoms with Crippen LogP contribution in [0, 0.1) is 10.1 Å². The van der Waals surface area contributed by atoms with Crippen molar-refractivity contribution in [3.63, 3.8) is 0 Å². The van der Waals surface area contributed by atoms with E-state index in [0.29, 0.717) is 6.73 Å². The summed E-state index contributed by atoms with van der Waals surface area (Å²) in [5, 5.41) is 9.33. The van der Waals surface area contributed by atoms with Crippen molar-refractivity contribution in [2.24, 2.45) is 4.99 Å². The molecular formula is C4H8N4O3. The number of nitro groups is 1. The fraction of sp³-hybridized carbons (Fsp3) is 0.750. The quantitative estimate of drug-likeness (QED) is 0.414. The first-order chi connectivity index (χ1) is 5.20. The highest BCUT2D eigenvalue weighted by molar-refractivity contribution is 5.47. The second kappa shape index (κ2) is 3.15. The Bertz CT molecular complexity index is 182. The van der Waals surface area contributed by atoms with Crippen molar-refractivity contribution in [2.45, 2.75) is 6.29 Å². The molecule has 1 N–H and O–H groups in total. The molecule has 1 heterocycles. The van der Waals surface area contributed by atoms with Gasteiger partial charge in [-0.05, 0) is 7.05 Å². The zero-order valence-electron chi connectivity index (χ0n) is 5.93. The van der Waals surface area contributed by atoms with E-state index in [0.717, 1.165) is 0 Å². The molecule has 0 radical (unpaired) electrons. The first kappa shape index (κ1) is 7.73. The van der Waals surface area contributed by atoms with Crippen LogP contribution in [0.25, 0.3) is 0 Å². The molecule has 0 amide bonds. The minimum atomic E-state index is -0.635. The van der Waals surface area contributed by atoms with Crippen LogP contribution in [0.1, 0.15) is 0 Å². The van der Waals surface area contributed by atoms with Crippen molar-refractivity contribution >= 4 is 6.40 Å². The Kier molecular flexibility index (Phi) is 2.21. The third kappa shape index (κ3) is 2.04. The molecule has 0 aromatic carbocycles. The summed E-state index contributed by atoms with van der Waals surface area (Å²) in [4.78, 5) is 15.2. The number of ether oxygens (including phenoxy) is 1. The van der Waals surface area contributed by atoms with Gasteiger partial charge in [0.25, 0.3) is 0 Å². The fourth-order valence-corrected chi connectivity index (χ4v) is 0.662. The van der Waals surface area contributed by atoms with Crippen molar-refractivity contribution in [3.8, 4) is 0 Å². The van der Waals surface area contributed by atoms with Crippen LogP contribution in [0.4, 0.5) is 0 Å². The molecule has 62 valence electrons. The fourth-order valence-electron chi connectivity index (χ4n) is 0.662. The molecule has 0 fully saturated rings. The summed E-state index contributed by atoms with van der Waals surface area (Å²) in [6, 6.07) is 0. The summed E-state index contributed by atoms with van der Waals surface area (Å²) in [5.74, 6) is 0. The minimum absolute atomic E-state index is 0.301. The highest BCUT2D eigenvalue weighted by Crippen LogP contribution is 1.98.